The second kappa shape index (κ2) is 12.6. The molecule has 0 atom stereocenters. The molecule has 2 heterocycles. The van der Waals surface area contributed by atoms with E-state index in [9.17, 15) is 0 Å². The van der Waals surface area contributed by atoms with E-state index in [0.717, 1.165) is 71.3 Å². The molecule has 4 nitrogen and oxygen atoms in total. The van der Waals surface area contributed by atoms with Crippen molar-refractivity contribution in [1.82, 2.24) is 15.0 Å². The SMILES string of the molecule is c1ccc(-c2cccc(-c3ccc(-c4nc(-c5ccccc5)nc(-c5cc6c7ccccc7c7ccccc7c6c6oc7ccccc7c56)n4)cc3)c2)cc1. The largest absolute Gasteiger partial charge is 0.455 e. The van der Waals surface area contributed by atoms with Crippen LogP contribution >= 0.6 is 0 Å². The average molecular weight is 702 g/mol. The van der Waals surface area contributed by atoms with Crippen molar-refractivity contribution >= 4 is 54.3 Å². The van der Waals surface area contributed by atoms with Gasteiger partial charge in [-0.25, -0.2) is 15.0 Å². The predicted octanol–water partition coefficient (Wildman–Crippen LogP) is 13.6. The molecule has 0 saturated heterocycles. The Balaban J connectivity index is 1.15. The van der Waals surface area contributed by atoms with Gasteiger partial charge in [-0.15, -0.1) is 0 Å². The van der Waals surface area contributed by atoms with Gasteiger partial charge < -0.3 is 4.42 Å². The van der Waals surface area contributed by atoms with E-state index in [1.54, 1.807) is 0 Å². The Morgan fingerprint density at radius 1 is 0.291 bits per heavy atom. The van der Waals surface area contributed by atoms with Gasteiger partial charge in [-0.1, -0.05) is 170 Å². The lowest BCUT2D eigenvalue weighted by atomic mass is 9.91. The number of nitrogens with zero attached hydrogens (tertiary/aromatic N) is 3. The van der Waals surface area contributed by atoms with Gasteiger partial charge in [0, 0.05) is 32.8 Å². The molecule has 0 aliphatic carbocycles. The third kappa shape index (κ3) is 5.19. The van der Waals surface area contributed by atoms with Crippen LogP contribution in [0, 0.1) is 0 Å². The first-order valence-electron chi connectivity index (χ1n) is 18.5. The summed E-state index contributed by atoms with van der Waals surface area (Å²) in [5.74, 6) is 1.82. The number of rotatable bonds is 5. The maximum Gasteiger partial charge on any atom is 0.164 e. The number of para-hydroxylation sites is 1. The topological polar surface area (TPSA) is 51.8 Å². The van der Waals surface area contributed by atoms with Gasteiger partial charge >= 0.3 is 0 Å². The Morgan fingerprint density at radius 2 is 0.745 bits per heavy atom. The van der Waals surface area contributed by atoms with Crippen LogP contribution in [-0.2, 0) is 0 Å². The number of fused-ring (bicyclic) bond motifs is 10. The van der Waals surface area contributed by atoms with Crippen molar-refractivity contribution in [1.29, 1.82) is 0 Å². The van der Waals surface area contributed by atoms with Crippen LogP contribution in [0.3, 0.4) is 0 Å². The van der Waals surface area contributed by atoms with Gasteiger partial charge in [0.05, 0.1) is 0 Å². The summed E-state index contributed by atoms with van der Waals surface area (Å²) in [6, 6.07) is 65.6. The number of hydrogen-bond donors (Lipinski definition) is 0. The first-order valence-corrected chi connectivity index (χ1v) is 18.5. The molecule has 11 aromatic rings. The minimum absolute atomic E-state index is 0.596. The Kier molecular flexibility index (Phi) is 7.14. The van der Waals surface area contributed by atoms with Crippen LogP contribution in [0.15, 0.2) is 192 Å². The van der Waals surface area contributed by atoms with E-state index in [4.69, 9.17) is 19.4 Å². The Morgan fingerprint density at radius 3 is 1.42 bits per heavy atom. The average Bonchev–Trinajstić information content (AvgIpc) is 3.66. The predicted molar refractivity (Wildman–Crippen MR) is 227 cm³/mol. The lowest BCUT2D eigenvalue weighted by Crippen LogP contribution is -2.00. The molecular weight excluding hydrogens is 671 g/mol. The van der Waals surface area contributed by atoms with Crippen LogP contribution < -0.4 is 0 Å². The lowest BCUT2D eigenvalue weighted by molar-refractivity contribution is 0.673. The van der Waals surface area contributed by atoms with Gasteiger partial charge in [0.1, 0.15) is 11.2 Å². The Hall–Kier alpha value is -7.43. The Labute approximate surface area is 317 Å². The van der Waals surface area contributed by atoms with Gasteiger partial charge in [-0.2, -0.15) is 0 Å². The summed E-state index contributed by atoms with van der Waals surface area (Å²) in [4.78, 5) is 15.6. The highest BCUT2D eigenvalue weighted by Crippen LogP contribution is 2.46. The molecule has 4 heteroatoms. The molecular formula is C51H31N3O. The molecule has 0 amide bonds. The molecule has 9 aromatic carbocycles. The fraction of sp³-hybridized carbons (Fsp3) is 0. The standard InChI is InChI=1S/C51H31N3O/c1-3-14-32(15-4-1)36-18-13-19-37(30-36)33-26-28-35(29-27-33)50-52-49(34-16-5-2-6-17-34)53-51(54-50)44-31-43-40-22-8-7-20-38(40)39-21-9-10-23-41(39)46(43)48-47(44)42-24-11-12-25-45(42)55-48/h1-31H. The van der Waals surface area contributed by atoms with E-state index < -0.39 is 0 Å². The second-order valence-corrected chi connectivity index (χ2v) is 13.9. The van der Waals surface area contributed by atoms with Crippen molar-refractivity contribution in [3.63, 3.8) is 0 Å². The van der Waals surface area contributed by atoms with Crippen LogP contribution in [-0.4, -0.2) is 15.0 Å². The molecule has 55 heavy (non-hydrogen) atoms. The summed E-state index contributed by atoms with van der Waals surface area (Å²) in [6.07, 6.45) is 0. The molecule has 11 rings (SSSR count). The lowest BCUT2D eigenvalue weighted by Gasteiger charge is -2.14. The van der Waals surface area contributed by atoms with Crippen molar-refractivity contribution in [3.8, 4) is 56.4 Å². The van der Waals surface area contributed by atoms with Crippen LogP contribution in [0.5, 0.6) is 0 Å². The maximum atomic E-state index is 6.84. The number of aromatic nitrogens is 3. The van der Waals surface area contributed by atoms with Crippen molar-refractivity contribution in [2.75, 3.05) is 0 Å². The molecule has 0 bridgehead atoms. The summed E-state index contributed by atoms with van der Waals surface area (Å²) in [6.45, 7) is 0. The molecule has 256 valence electrons. The van der Waals surface area contributed by atoms with E-state index >= 15 is 0 Å². The van der Waals surface area contributed by atoms with E-state index in [2.05, 4.69) is 152 Å². The van der Waals surface area contributed by atoms with Crippen molar-refractivity contribution in [3.05, 3.63) is 188 Å². The summed E-state index contributed by atoms with van der Waals surface area (Å²) in [7, 11) is 0. The summed E-state index contributed by atoms with van der Waals surface area (Å²) >= 11 is 0. The molecule has 0 aliphatic heterocycles. The van der Waals surface area contributed by atoms with Gasteiger partial charge in [-0.05, 0) is 67.4 Å². The van der Waals surface area contributed by atoms with Crippen LogP contribution in [0.2, 0.25) is 0 Å². The number of furan rings is 1. The first-order chi connectivity index (χ1) is 27.3. The van der Waals surface area contributed by atoms with Crippen LogP contribution in [0.4, 0.5) is 0 Å². The van der Waals surface area contributed by atoms with Crippen molar-refractivity contribution in [2.24, 2.45) is 0 Å². The Bertz CT molecular complexity index is 3240. The van der Waals surface area contributed by atoms with Gasteiger partial charge in [0.2, 0.25) is 0 Å². The zero-order chi connectivity index (χ0) is 36.3. The van der Waals surface area contributed by atoms with Gasteiger partial charge in [-0.3, -0.25) is 0 Å². The minimum Gasteiger partial charge on any atom is -0.455 e. The molecule has 0 aliphatic rings. The van der Waals surface area contributed by atoms with Gasteiger partial charge in [0.15, 0.2) is 17.5 Å². The highest BCUT2D eigenvalue weighted by molar-refractivity contribution is 6.34. The number of benzene rings is 9. The van der Waals surface area contributed by atoms with E-state index in [0.29, 0.717) is 17.5 Å². The summed E-state index contributed by atoms with van der Waals surface area (Å²) < 4.78 is 6.84. The van der Waals surface area contributed by atoms with Crippen LogP contribution in [0.1, 0.15) is 0 Å². The highest BCUT2D eigenvalue weighted by atomic mass is 16.3. The molecule has 0 spiro atoms. The zero-order valence-corrected chi connectivity index (χ0v) is 29.6. The fourth-order valence-corrected chi connectivity index (χ4v) is 8.11. The molecule has 0 N–H and O–H groups in total. The molecule has 0 fully saturated rings. The van der Waals surface area contributed by atoms with Crippen molar-refractivity contribution in [2.45, 2.75) is 0 Å². The maximum absolute atomic E-state index is 6.84. The summed E-state index contributed by atoms with van der Waals surface area (Å²) in [5, 5.41) is 8.92. The third-order valence-corrected chi connectivity index (χ3v) is 10.7. The zero-order valence-electron chi connectivity index (χ0n) is 29.6. The molecule has 2 aromatic heterocycles. The summed E-state index contributed by atoms with van der Waals surface area (Å²) in [5.41, 5.74) is 9.06. The first kappa shape index (κ1) is 31.1. The van der Waals surface area contributed by atoms with Crippen molar-refractivity contribution < 1.29 is 4.42 Å². The monoisotopic (exact) mass is 701 g/mol. The van der Waals surface area contributed by atoms with E-state index in [-0.39, 0.29) is 0 Å². The molecule has 0 radical (unpaired) electrons. The smallest absolute Gasteiger partial charge is 0.164 e. The highest BCUT2D eigenvalue weighted by Gasteiger charge is 2.23. The quantitative estimate of drug-likeness (QED) is 0.168. The molecule has 0 saturated carbocycles. The van der Waals surface area contributed by atoms with E-state index in [1.165, 1.54) is 21.9 Å². The van der Waals surface area contributed by atoms with Gasteiger partial charge in [0.25, 0.3) is 0 Å². The van der Waals surface area contributed by atoms with E-state index in [1.807, 2.05) is 36.4 Å². The third-order valence-electron chi connectivity index (χ3n) is 10.7. The minimum atomic E-state index is 0.596. The van der Waals surface area contributed by atoms with Crippen LogP contribution in [0.25, 0.3) is 111 Å². The second-order valence-electron chi connectivity index (χ2n) is 13.9. The number of hydrogen-bond acceptors (Lipinski definition) is 4. The fourth-order valence-electron chi connectivity index (χ4n) is 8.11. The molecule has 0 unspecified atom stereocenters. The normalized spacial score (nSPS) is 11.6.